The van der Waals surface area contributed by atoms with Crippen LogP contribution in [0, 0.1) is 0 Å². The van der Waals surface area contributed by atoms with Gasteiger partial charge in [0.2, 0.25) is 5.78 Å². The lowest BCUT2D eigenvalue weighted by atomic mass is 9.95. The first-order valence-corrected chi connectivity index (χ1v) is 12.1. The molecule has 0 bridgehead atoms. The van der Waals surface area contributed by atoms with Gasteiger partial charge in [0, 0.05) is 5.57 Å². The predicted molar refractivity (Wildman–Crippen MR) is 133 cm³/mol. The summed E-state index contributed by atoms with van der Waals surface area (Å²) in [5.41, 5.74) is 1.02. The third-order valence-corrected chi connectivity index (χ3v) is 6.23. The van der Waals surface area contributed by atoms with Crippen LogP contribution in [0.4, 0.5) is 0 Å². The summed E-state index contributed by atoms with van der Waals surface area (Å²) in [4.78, 5) is 29.1. The number of ether oxygens (including phenoxy) is 2. The van der Waals surface area contributed by atoms with Crippen LogP contribution in [0.2, 0.25) is 0 Å². The smallest absolute Gasteiger partial charge is 0.295 e. The molecule has 1 saturated heterocycles. The van der Waals surface area contributed by atoms with Crippen LogP contribution in [-0.4, -0.2) is 56.0 Å². The lowest BCUT2D eigenvalue weighted by Crippen LogP contribution is -3.12. The maximum atomic E-state index is 13.5. The molecule has 1 N–H and O–H groups in total. The van der Waals surface area contributed by atoms with E-state index >= 15 is 0 Å². The summed E-state index contributed by atoms with van der Waals surface area (Å²) >= 11 is 0. The number of rotatable bonds is 12. The lowest BCUT2D eigenvalue weighted by molar-refractivity contribution is -0.895. The molecule has 0 aromatic heterocycles. The summed E-state index contributed by atoms with van der Waals surface area (Å²) in [5, 5.41) is 13.5. The SMILES string of the molecule is C=CCOc1ccc(C2C(=C([O-])c3ccc(OCC)cc3)C(=O)C(=O)N2CC[NH+](CC)CC)cc1. The van der Waals surface area contributed by atoms with E-state index in [-0.39, 0.29) is 5.57 Å². The molecular formula is C28H34N2O5. The number of nitrogens with one attached hydrogen (secondary N) is 1. The number of nitrogens with zero attached hydrogens (tertiary/aromatic N) is 1. The third-order valence-electron chi connectivity index (χ3n) is 6.23. The van der Waals surface area contributed by atoms with Gasteiger partial charge in [-0.1, -0.05) is 42.7 Å². The molecule has 2 aromatic rings. The van der Waals surface area contributed by atoms with E-state index in [4.69, 9.17) is 9.47 Å². The van der Waals surface area contributed by atoms with E-state index in [1.54, 1.807) is 54.6 Å². The highest BCUT2D eigenvalue weighted by Gasteiger charge is 2.44. The largest absolute Gasteiger partial charge is 0.872 e. The highest BCUT2D eigenvalue weighted by Crippen LogP contribution is 2.39. The van der Waals surface area contributed by atoms with Crippen molar-refractivity contribution in [3.05, 3.63) is 77.9 Å². The Morgan fingerprint density at radius 2 is 1.60 bits per heavy atom. The maximum absolute atomic E-state index is 13.5. The van der Waals surface area contributed by atoms with Crippen molar-refractivity contribution in [2.45, 2.75) is 26.8 Å². The number of hydrogen-bond donors (Lipinski definition) is 1. The Hall–Kier alpha value is -3.58. The molecule has 0 saturated carbocycles. The highest BCUT2D eigenvalue weighted by molar-refractivity contribution is 6.46. The summed E-state index contributed by atoms with van der Waals surface area (Å²) in [5.74, 6) is -0.541. The molecule has 35 heavy (non-hydrogen) atoms. The van der Waals surface area contributed by atoms with Crippen LogP contribution in [0.3, 0.4) is 0 Å². The van der Waals surface area contributed by atoms with Crippen molar-refractivity contribution in [2.75, 3.05) is 39.4 Å². The minimum Gasteiger partial charge on any atom is -0.872 e. The second kappa shape index (κ2) is 12.2. The van der Waals surface area contributed by atoms with Gasteiger partial charge in [0.1, 0.15) is 18.1 Å². The van der Waals surface area contributed by atoms with Crippen molar-refractivity contribution in [2.24, 2.45) is 0 Å². The number of likely N-dealkylation sites (tertiary alicyclic amines) is 1. The van der Waals surface area contributed by atoms with Gasteiger partial charge in [-0.2, -0.15) is 0 Å². The minimum atomic E-state index is -0.752. The average molecular weight is 479 g/mol. The van der Waals surface area contributed by atoms with Crippen LogP contribution in [0.5, 0.6) is 11.5 Å². The van der Waals surface area contributed by atoms with Gasteiger partial charge in [-0.25, -0.2) is 0 Å². The zero-order valence-electron chi connectivity index (χ0n) is 20.7. The Balaban J connectivity index is 2.03. The standard InChI is InChI=1S/C28H34N2O5/c1-5-19-35-23-13-9-20(10-14-23)25-24(26(31)21-11-15-22(16-12-21)34-8-4)27(32)28(33)30(25)18-17-29(6-2)7-3/h5,9-16,25,31H,1,6-8,17-19H2,2-4H3. The van der Waals surface area contributed by atoms with Crippen LogP contribution < -0.4 is 19.5 Å². The van der Waals surface area contributed by atoms with Crippen LogP contribution in [0.15, 0.2) is 66.8 Å². The van der Waals surface area contributed by atoms with Crippen LogP contribution >= 0.6 is 0 Å². The van der Waals surface area contributed by atoms with Crippen LogP contribution in [-0.2, 0) is 9.59 Å². The second-order valence-corrected chi connectivity index (χ2v) is 8.31. The van der Waals surface area contributed by atoms with Gasteiger partial charge in [0.25, 0.3) is 5.91 Å². The normalized spacial score (nSPS) is 17.1. The van der Waals surface area contributed by atoms with Crippen molar-refractivity contribution < 1.29 is 29.1 Å². The van der Waals surface area contributed by atoms with Gasteiger partial charge < -0.3 is 24.4 Å². The molecular weight excluding hydrogens is 444 g/mol. The Morgan fingerprint density at radius 3 is 2.17 bits per heavy atom. The molecule has 1 unspecified atom stereocenters. The zero-order chi connectivity index (χ0) is 25.4. The van der Waals surface area contributed by atoms with E-state index < -0.39 is 23.5 Å². The molecule has 0 radical (unpaired) electrons. The fourth-order valence-electron chi connectivity index (χ4n) is 4.26. The summed E-state index contributed by atoms with van der Waals surface area (Å²) in [6, 6.07) is 13.1. The van der Waals surface area contributed by atoms with Crippen molar-refractivity contribution >= 4 is 17.4 Å². The quantitative estimate of drug-likeness (QED) is 0.218. The first kappa shape index (κ1) is 26.0. The Labute approximate surface area is 207 Å². The average Bonchev–Trinajstić information content (AvgIpc) is 3.13. The van der Waals surface area contributed by atoms with Crippen molar-refractivity contribution in [1.29, 1.82) is 0 Å². The number of carbonyl (C=O) groups is 2. The molecule has 186 valence electrons. The monoisotopic (exact) mass is 478 g/mol. The number of amides is 1. The molecule has 7 heteroatoms. The van der Waals surface area contributed by atoms with E-state index in [9.17, 15) is 14.7 Å². The summed E-state index contributed by atoms with van der Waals surface area (Å²) in [6.07, 6.45) is 1.65. The zero-order valence-corrected chi connectivity index (χ0v) is 20.7. The molecule has 1 atom stereocenters. The Bertz CT molecular complexity index is 1060. The van der Waals surface area contributed by atoms with E-state index in [0.29, 0.717) is 48.9 Å². The highest BCUT2D eigenvalue weighted by atomic mass is 16.5. The summed E-state index contributed by atoms with van der Waals surface area (Å²) < 4.78 is 11.0. The van der Waals surface area contributed by atoms with Crippen LogP contribution in [0.25, 0.3) is 5.76 Å². The Kier molecular flexibility index (Phi) is 9.09. The summed E-state index contributed by atoms with van der Waals surface area (Å²) in [6.45, 7) is 13.5. The van der Waals surface area contributed by atoms with Gasteiger partial charge in [0.05, 0.1) is 38.8 Å². The molecule has 7 nitrogen and oxygen atoms in total. The maximum Gasteiger partial charge on any atom is 0.295 e. The van der Waals surface area contributed by atoms with E-state index in [0.717, 1.165) is 13.1 Å². The van der Waals surface area contributed by atoms with Gasteiger partial charge in [0.15, 0.2) is 0 Å². The first-order valence-electron chi connectivity index (χ1n) is 12.1. The van der Waals surface area contributed by atoms with Gasteiger partial charge in [-0.15, -0.1) is 0 Å². The molecule has 0 spiro atoms. The summed E-state index contributed by atoms with van der Waals surface area (Å²) in [7, 11) is 0. The number of likely N-dealkylation sites (N-methyl/N-ethyl adjacent to an activating group) is 1. The first-order chi connectivity index (χ1) is 16.9. The second-order valence-electron chi connectivity index (χ2n) is 8.31. The predicted octanol–water partition coefficient (Wildman–Crippen LogP) is 1.80. The molecule has 1 amide bonds. The number of benzene rings is 2. The van der Waals surface area contributed by atoms with E-state index in [1.165, 1.54) is 9.80 Å². The fourth-order valence-corrected chi connectivity index (χ4v) is 4.26. The number of carbonyl (C=O) groups excluding carboxylic acids is 2. The van der Waals surface area contributed by atoms with Crippen molar-refractivity contribution in [3.8, 4) is 11.5 Å². The molecule has 3 rings (SSSR count). The number of quaternary nitrogens is 1. The Morgan fingerprint density at radius 1 is 1.00 bits per heavy atom. The van der Waals surface area contributed by atoms with Crippen LogP contribution in [0.1, 0.15) is 37.9 Å². The van der Waals surface area contributed by atoms with E-state index in [1.807, 2.05) is 6.92 Å². The lowest BCUT2D eigenvalue weighted by Gasteiger charge is -2.28. The van der Waals surface area contributed by atoms with Crippen molar-refractivity contribution in [3.63, 3.8) is 0 Å². The number of ketones is 1. The van der Waals surface area contributed by atoms with Crippen molar-refractivity contribution in [1.82, 2.24) is 4.90 Å². The van der Waals surface area contributed by atoms with Gasteiger partial charge in [-0.3, -0.25) is 9.59 Å². The van der Waals surface area contributed by atoms with Gasteiger partial charge in [-0.05, 0) is 56.2 Å². The molecule has 2 aromatic carbocycles. The molecule has 1 aliphatic rings. The molecule has 1 heterocycles. The molecule has 1 fully saturated rings. The third kappa shape index (κ3) is 5.92. The number of hydrogen-bond acceptors (Lipinski definition) is 5. The minimum absolute atomic E-state index is 0.0199. The molecule has 0 aliphatic carbocycles. The topological polar surface area (TPSA) is 83.3 Å². The molecule has 1 aliphatic heterocycles. The van der Waals surface area contributed by atoms with E-state index in [2.05, 4.69) is 20.4 Å². The number of Topliss-reactive ketones (excluding diaryl/α,β-unsaturated/α-hetero) is 1. The fraction of sp³-hybridized carbons (Fsp3) is 0.357. The van der Waals surface area contributed by atoms with Gasteiger partial charge >= 0.3 is 0 Å².